The molecule has 0 radical (unpaired) electrons. The molecule has 2 heterocycles. The summed E-state index contributed by atoms with van der Waals surface area (Å²) in [6, 6.07) is 10.2. The number of carbonyl (C=O) groups excluding carboxylic acids is 1. The molecule has 0 saturated carbocycles. The van der Waals surface area contributed by atoms with Crippen LogP contribution in [0.3, 0.4) is 0 Å². The molecule has 0 bridgehead atoms. The van der Waals surface area contributed by atoms with Crippen molar-refractivity contribution in [1.29, 1.82) is 0 Å². The molecule has 1 fully saturated rings. The van der Waals surface area contributed by atoms with Crippen molar-refractivity contribution < 1.29 is 4.79 Å². The van der Waals surface area contributed by atoms with E-state index < -0.39 is 8.07 Å². The zero-order valence-corrected chi connectivity index (χ0v) is 18.9. The highest BCUT2D eigenvalue weighted by atomic mass is 35.5. The number of nitrogens with zero attached hydrogens (tertiary/aromatic N) is 4. The Morgan fingerprint density at radius 3 is 2.43 bits per heavy atom. The lowest BCUT2D eigenvalue weighted by Crippen LogP contribution is -2.55. The van der Waals surface area contributed by atoms with Crippen LogP contribution in [-0.4, -0.2) is 54.9 Å². The van der Waals surface area contributed by atoms with Crippen LogP contribution in [0.25, 0.3) is 0 Å². The zero-order chi connectivity index (χ0) is 20.5. The molecule has 1 aliphatic heterocycles. The van der Waals surface area contributed by atoms with Crippen LogP contribution in [0.15, 0.2) is 30.3 Å². The first kappa shape index (κ1) is 20.6. The first-order chi connectivity index (χ1) is 13.1. The number of piperazine rings is 1. The normalized spacial score (nSPS) is 17.6. The van der Waals surface area contributed by atoms with Crippen molar-refractivity contribution in [1.82, 2.24) is 15.1 Å². The van der Waals surface area contributed by atoms with Crippen molar-refractivity contribution >= 4 is 42.4 Å². The van der Waals surface area contributed by atoms with Crippen molar-refractivity contribution in [2.75, 3.05) is 29.9 Å². The molecule has 0 aliphatic carbocycles. The van der Waals surface area contributed by atoms with Gasteiger partial charge in [0.05, 0.1) is 8.07 Å². The van der Waals surface area contributed by atoms with Crippen LogP contribution >= 0.6 is 11.6 Å². The first-order valence-electron chi connectivity index (χ1n) is 9.58. The van der Waals surface area contributed by atoms with Gasteiger partial charge in [0.1, 0.15) is 0 Å². The molecule has 2 aromatic rings. The summed E-state index contributed by atoms with van der Waals surface area (Å²) in [5.41, 5.74) is 1.74. The molecule has 28 heavy (non-hydrogen) atoms. The summed E-state index contributed by atoms with van der Waals surface area (Å²) in [6.07, 6.45) is 0. The Morgan fingerprint density at radius 1 is 1.18 bits per heavy atom. The lowest BCUT2D eigenvalue weighted by molar-refractivity contribution is 0.184. The van der Waals surface area contributed by atoms with Gasteiger partial charge in [-0.25, -0.2) is 4.79 Å². The Bertz CT molecular complexity index is 853. The minimum Gasteiger partial charge on any atom is -0.351 e. The van der Waals surface area contributed by atoms with Gasteiger partial charge in [-0.15, -0.1) is 10.2 Å². The van der Waals surface area contributed by atoms with Crippen LogP contribution in [0.1, 0.15) is 12.5 Å². The van der Waals surface area contributed by atoms with Crippen LogP contribution in [0.4, 0.5) is 16.3 Å². The van der Waals surface area contributed by atoms with E-state index in [1.165, 1.54) is 5.19 Å². The van der Waals surface area contributed by atoms with Crippen molar-refractivity contribution in [2.24, 2.45) is 0 Å². The number of hydrogen-bond donors (Lipinski definition) is 1. The van der Waals surface area contributed by atoms with Gasteiger partial charge in [-0.1, -0.05) is 48.6 Å². The molecule has 1 aromatic heterocycles. The number of aromatic nitrogens is 2. The highest BCUT2D eigenvalue weighted by molar-refractivity contribution is 6.88. The van der Waals surface area contributed by atoms with Gasteiger partial charge in [-0.05, 0) is 37.6 Å². The van der Waals surface area contributed by atoms with Gasteiger partial charge in [-0.3, -0.25) is 0 Å². The lowest BCUT2D eigenvalue weighted by Gasteiger charge is -2.40. The van der Waals surface area contributed by atoms with Gasteiger partial charge in [0, 0.05) is 31.4 Å². The fourth-order valence-corrected chi connectivity index (χ4v) is 4.59. The van der Waals surface area contributed by atoms with Crippen molar-refractivity contribution in [3.8, 4) is 0 Å². The minimum absolute atomic E-state index is 0.0628. The third-order valence-corrected chi connectivity index (χ3v) is 7.56. The predicted octanol–water partition coefficient (Wildman–Crippen LogP) is 3.73. The van der Waals surface area contributed by atoms with E-state index in [-0.39, 0.29) is 12.1 Å². The van der Waals surface area contributed by atoms with Crippen LogP contribution in [0.2, 0.25) is 24.8 Å². The fourth-order valence-electron chi connectivity index (χ4n) is 3.33. The molecule has 1 saturated heterocycles. The standard InChI is InChI=1S/C20H28ClN5OSi/c1-14-12-18(23-24-19(14)21)25-10-11-26(15(2)13-25)20(27)22-16-6-8-17(9-7-16)28(3,4)5/h6-9,12,15H,10-11,13H2,1-5H3,(H,22,27). The third kappa shape index (κ3) is 4.64. The number of halogens is 1. The number of carbonyl (C=O) groups is 1. The van der Waals surface area contributed by atoms with Crippen molar-refractivity contribution in [2.45, 2.75) is 39.5 Å². The monoisotopic (exact) mass is 417 g/mol. The van der Waals surface area contributed by atoms with E-state index >= 15 is 0 Å². The minimum atomic E-state index is -1.34. The Morgan fingerprint density at radius 2 is 1.86 bits per heavy atom. The lowest BCUT2D eigenvalue weighted by atomic mass is 10.2. The Labute approximate surface area is 172 Å². The van der Waals surface area contributed by atoms with Crippen molar-refractivity contribution in [3.63, 3.8) is 0 Å². The fraction of sp³-hybridized carbons (Fsp3) is 0.450. The molecule has 8 heteroatoms. The van der Waals surface area contributed by atoms with E-state index in [2.05, 4.69) is 59.1 Å². The number of amides is 2. The van der Waals surface area contributed by atoms with Gasteiger partial charge < -0.3 is 15.1 Å². The van der Waals surface area contributed by atoms with Crippen LogP contribution in [0.5, 0.6) is 0 Å². The second kappa shape index (κ2) is 8.09. The third-order valence-electron chi connectivity index (χ3n) is 5.13. The number of anilines is 2. The number of aryl methyl sites for hydroxylation is 1. The summed E-state index contributed by atoms with van der Waals surface area (Å²) in [5.74, 6) is 0.802. The number of rotatable bonds is 3. The number of hydrogen-bond acceptors (Lipinski definition) is 4. The van der Waals surface area contributed by atoms with Crippen molar-refractivity contribution in [3.05, 3.63) is 41.0 Å². The summed E-state index contributed by atoms with van der Waals surface area (Å²) < 4.78 is 0. The largest absolute Gasteiger partial charge is 0.351 e. The summed E-state index contributed by atoms with van der Waals surface area (Å²) >= 11 is 5.97. The maximum absolute atomic E-state index is 12.8. The molecular formula is C20H28ClN5OSi. The predicted molar refractivity (Wildman–Crippen MR) is 119 cm³/mol. The summed E-state index contributed by atoms with van der Waals surface area (Å²) in [4.78, 5) is 16.8. The molecule has 2 amide bonds. The summed E-state index contributed by atoms with van der Waals surface area (Å²) in [6.45, 7) is 13.0. The summed E-state index contributed by atoms with van der Waals surface area (Å²) in [5, 5.41) is 13.0. The molecule has 1 atom stereocenters. The number of nitrogens with one attached hydrogen (secondary N) is 1. The smallest absolute Gasteiger partial charge is 0.322 e. The van der Waals surface area contributed by atoms with Crippen LogP contribution < -0.4 is 15.4 Å². The molecule has 1 aliphatic rings. The number of urea groups is 1. The average molecular weight is 418 g/mol. The van der Waals surface area contributed by atoms with E-state index in [4.69, 9.17) is 11.6 Å². The first-order valence-corrected chi connectivity index (χ1v) is 13.5. The molecule has 1 aromatic carbocycles. The van der Waals surface area contributed by atoms with Gasteiger partial charge in [0.15, 0.2) is 11.0 Å². The topological polar surface area (TPSA) is 61.4 Å². The quantitative estimate of drug-likeness (QED) is 0.773. The molecule has 6 nitrogen and oxygen atoms in total. The van der Waals surface area contributed by atoms with E-state index in [0.29, 0.717) is 24.8 Å². The molecule has 0 spiro atoms. The molecule has 1 unspecified atom stereocenters. The van der Waals surface area contributed by atoms with E-state index in [1.54, 1.807) is 0 Å². The molecule has 1 N–H and O–H groups in total. The van der Waals surface area contributed by atoms with E-state index in [1.807, 2.05) is 30.0 Å². The molecule has 150 valence electrons. The second-order valence-electron chi connectivity index (χ2n) is 8.42. The Balaban J connectivity index is 1.62. The average Bonchev–Trinajstić information content (AvgIpc) is 2.63. The van der Waals surface area contributed by atoms with E-state index in [9.17, 15) is 4.79 Å². The van der Waals surface area contributed by atoms with Gasteiger partial charge in [0.25, 0.3) is 0 Å². The van der Waals surface area contributed by atoms with E-state index in [0.717, 1.165) is 17.1 Å². The summed E-state index contributed by atoms with van der Waals surface area (Å²) in [7, 11) is -1.34. The Kier molecular flexibility index (Phi) is 5.95. The van der Waals surface area contributed by atoms with Crippen LogP contribution in [-0.2, 0) is 0 Å². The van der Waals surface area contributed by atoms with Gasteiger partial charge in [0.2, 0.25) is 0 Å². The molecular weight excluding hydrogens is 390 g/mol. The van der Waals surface area contributed by atoms with Gasteiger partial charge in [-0.2, -0.15) is 0 Å². The SMILES string of the molecule is Cc1cc(N2CCN(C(=O)Nc3ccc([Si](C)(C)C)cc3)C(C)C2)nnc1Cl. The number of benzene rings is 1. The second-order valence-corrected chi connectivity index (χ2v) is 13.9. The maximum atomic E-state index is 12.8. The highest BCUT2D eigenvalue weighted by Gasteiger charge is 2.28. The van der Waals surface area contributed by atoms with Crippen LogP contribution in [0, 0.1) is 6.92 Å². The highest BCUT2D eigenvalue weighted by Crippen LogP contribution is 2.21. The zero-order valence-electron chi connectivity index (χ0n) is 17.2. The maximum Gasteiger partial charge on any atom is 0.322 e. The molecule has 3 rings (SSSR count). The Hall–Kier alpha value is -2.12. The van der Waals surface area contributed by atoms with Gasteiger partial charge >= 0.3 is 6.03 Å².